The van der Waals surface area contributed by atoms with Gasteiger partial charge in [0.15, 0.2) is 11.5 Å². The van der Waals surface area contributed by atoms with E-state index in [4.69, 9.17) is 23.9 Å². The number of quaternary nitrogens is 1. The molecular weight excluding hydrogens is 360 g/mol. The van der Waals surface area contributed by atoms with Gasteiger partial charge in [-0.15, -0.1) is 0 Å². The molecule has 7 heteroatoms. The second-order valence-corrected chi connectivity index (χ2v) is 8.91. The number of aliphatic imine (C=N–C) groups is 1. The Labute approximate surface area is 162 Å². The zero-order valence-corrected chi connectivity index (χ0v) is 15.9. The summed E-state index contributed by atoms with van der Waals surface area (Å²) < 4.78 is 23.4. The fourth-order valence-corrected chi connectivity index (χ4v) is 7.22. The maximum Gasteiger partial charge on any atom is 0.231 e. The number of piperidine rings is 3. The van der Waals surface area contributed by atoms with Crippen molar-refractivity contribution in [1.82, 2.24) is 0 Å². The average Bonchev–Trinajstić information content (AvgIpc) is 3.27. The highest BCUT2D eigenvalue weighted by Crippen LogP contribution is 2.68. The van der Waals surface area contributed by atoms with Crippen LogP contribution in [-0.2, 0) is 10.2 Å². The summed E-state index contributed by atoms with van der Waals surface area (Å²) in [5.74, 6) is 3.36. The van der Waals surface area contributed by atoms with Gasteiger partial charge in [0, 0.05) is 30.4 Å². The van der Waals surface area contributed by atoms with Crippen molar-refractivity contribution in [3.8, 4) is 17.2 Å². The predicted molar refractivity (Wildman–Crippen MR) is 99.9 cm³/mol. The Hall–Kier alpha value is -2.25. The molecule has 0 aliphatic carbocycles. The quantitative estimate of drug-likeness (QED) is 0.424. The Morgan fingerprint density at radius 1 is 1.36 bits per heavy atom. The summed E-state index contributed by atoms with van der Waals surface area (Å²) in [4.78, 5) is 4.88. The topological polar surface area (TPSA) is 72.3 Å². The van der Waals surface area contributed by atoms with Crippen molar-refractivity contribution in [3.63, 3.8) is 0 Å². The van der Waals surface area contributed by atoms with E-state index >= 15 is 0 Å². The number of nitrogens with zero attached hydrogens (tertiary/aromatic N) is 2. The minimum atomic E-state index is -0.517. The molecule has 7 nitrogen and oxygen atoms in total. The Kier molecular flexibility index (Phi) is 2.60. The Morgan fingerprint density at radius 3 is 3.07 bits per heavy atom. The van der Waals surface area contributed by atoms with Crippen LogP contribution in [0.25, 0.3) is 0 Å². The molecule has 8 rings (SSSR count). The summed E-state index contributed by atoms with van der Waals surface area (Å²) in [6.07, 6.45) is 3.83. The molecule has 0 radical (unpaired) electrons. The van der Waals surface area contributed by atoms with E-state index in [0.717, 1.165) is 24.1 Å². The standard InChI is InChI=1S/C21H22N2O5/c1-3-10-7-23(24)14-6-21-16(23)4-11(10)12(14)8-26-20(21)22-13-5-15-18(28-9-27-15)19(25-2)17(13)21/h3,5,11-12,14,16H,4,6-9H2,1-2H3/b10-3-/t11-,12-,14-,16-,21-,23?/m0/s1. The summed E-state index contributed by atoms with van der Waals surface area (Å²) in [7, 11) is 1.65. The molecular formula is C21H22N2O5. The van der Waals surface area contributed by atoms with Crippen LogP contribution in [0.3, 0.4) is 0 Å². The van der Waals surface area contributed by atoms with Crippen LogP contribution in [0.15, 0.2) is 22.7 Å². The number of methoxy groups -OCH3 is 1. The first-order chi connectivity index (χ1) is 13.6. The van der Waals surface area contributed by atoms with Crippen LogP contribution in [0.5, 0.6) is 17.2 Å². The van der Waals surface area contributed by atoms with Crippen molar-refractivity contribution in [3.05, 3.63) is 28.5 Å². The molecule has 5 bridgehead atoms. The molecule has 146 valence electrons. The molecule has 28 heavy (non-hydrogen) atoms. The summed E-state index contributed by atoms with van der Waals surface area (Å²) in [5.41, 5.74) is 2.57. The highest BCUT2D eigenvalue weighted by Gasteiger charge is 2.75. The van der Waals surface area contributed by atoms with Crippen molar-refractivity contribution >= 4 is 11.6 Å². The Morgan fingerprint density at radius 2 is 2.25 bits per heavy atom. The maximum atomic E-state index is 14.3. The Bertz CT molecular complexity index is 1000. The van der Waals surface area contributed by atoms with Crippen LogP contribution in [0.4, 0.5) is 5.69 Å². The van der Waals surface area contributed by atoms with Gasteiger partial charge in [-0.05, 0) is 12.5 Å². The van der Waals surface area contributed by atoms with Gasteiger partial charge in [-0.25, -0.2) is 4.99 Å². The summed E-state index contributed by atoms with van der Waals surface area (Å²) in [6.45, 7) is 3.42. The van der Waals surface area contributed by atoms with Crippen LogP contribution in [0.2, 0.25) is 0 Å². The van der Waals surface area contributed by atoms with Gasteiger partial charge < -0.3 is 28.8 Å². The first kappa shape index (κ1) is 15.6. The van der Waals surface area contributed by atoms with Gasteiger partial charge in [-0.1, -0.05) is 6.08 Å². The van der Waals surface area contributed by atoms with E-state index in [9.17, 15) is 5.21 Å². The van der Waals surface area contributed by atoms with Crippen molar-refractivity contribution in [2.75, 3.05) is 27.1 Å². The van der Waals surface area contributed by atoms with Crippen molar-refractivity contribution in [1.29, 1.82) is 0 Å². The zero-order chi connectivity index (χ0) is 18.8. The molecule has 1 unspecified atom stereocenters. The monoisotopic (exact) mass is 382 g/mol. The van der Waals surface area contributed by atoms with Crippen LogP contribution in [0, 0.1) is 17.0 Å². The molecule has 1 spiro atoms. The van der Waals surface area contributed by atoms with E-state index in [2.05, 4.69) is 13.0 Å². The average molecular weight is 382 g/mol. The number of fused-ring (bicyclic) bond motifs is 3. The number of allylic oxidation sites excluding steroid dienone is 1. The fourth-order valence-electron chi connectivity index (χ4n) is 7.22. The van der Waals surface area contributed by atoms with Crippen molar-refractivity contribution in [2.45, 2.75) is 37.3 Å². The molecule has 5 fully saturated rings. The highest BCUT2D eigenvalue weighted by molar-refractivity contribution is 6.00. The molecule has 0 saturated carbocycles. The lowest BCUT2D eigenvalue weighted by Gasteiger charge is -2.63. The third-order valence-corrected chi connectivity index (χ3v) is 8.22. The molecule has 1 aromatic rings. The number of rotatable bonds is 1. The predicted octanol–water partition coefficient (Wildman–Crippen LogP) is 2.79. The highest BCUT2D eigenvalue weighted by atomic mass is 16.7. The molecule has 7 heterocycles. The van der Waals surface area contributed by atoms with E-state index in [1.54, 1.807) is 7.11 Å². The molecule has 1 aromatic carbocycles. The maximum absolute atomic E-state index is 14.3. The molecule has 5 saturated heterocycles. The van der Waals surface area contributed by atoms with E-state index in [1.807, 2.05) is 6.07 Å². The van der Waals surface area contributed by atoms with Gasteiger partial charge in [-0.2, -0.15) is 0 Å². The number of hydrogen-bond acceptors (Lipinski definition) is 6. The fraction of sp³-hybridized carbons (Fsp3) is 0.571. The number of ether oxygens (including phenoxy) is 4. The minimum absolute atomic E-state index is 0.0567. The minimum Gasteiger partial charge on any atom is -0.632 e. The normalized spacial score (nSPS) is 44.2. The van der Waals surface area contributed by atoms with E-state index in [-0.39, 0.29) is 29.4 Å². The third-order valence-electron chi connectivity index (χ3n) is 8.22. The largest absolute Gasteiger partial charge is 0.632 e. The second-order valence-electron chi connectivity index (χ2n) is 8.91. The van der Waals surface area contributed by atoms with Gasteiger partial charge in [0.1, 0.15) is 18.0 Å². The summed E-state index contributed by atoms with van der Waals surface area (Å²) >= 11 is 0. The van der Waals surface area contributed by atoms with Crippen molar-refractivity contribution in [2.24, 2.45) is 16.8 Å². The van der Waals surface area contributed by atoms with E-state index in [0.29, 0.717) is 42.2 Å². The van der Waals surface area contributed by atoms with Crippen LogP contribution in [0.1, 0.15) is 25.3 Å². The molecule has 7 aliphatic heterocycles. The first-order valence-electron chi connectivity index (χ1n) is 10.1. The lowest BCUT2D eigenvalue weighted by Crippen LogP contribution is -2.69. The number of hydrogen-bond donors (Lipinski definition) is 0. The van der Waals surface area contributed by atoms with Gasteiger partial charge >= 0.3 is 0 Å². The molecule has 0 amide bonds. The van der Waals surface area contributed by atoms with Crippen LogP contribution >= 0.6 is 0 Å². The molecule has 6 atom stereocenters. The molecule has 0 N–H and O–H groups in total. The van der Waals surface area contributed by atoms with Gasteiger partial charge in [-0.3, -0.25) is 0 Å². The Balaban J connectivity index is 1.51. The molecule has 0 aromatic heterocycles. The smallest absolute Gasteiger partial charge is 0.231 e. The summed E-state index contributed by atoms with van der Waals surface area (Å²) in [5, 5.41) is 14.3. The first-order valence-corrected chi connectivity index (χ1v) is 10.1. The third kappa shape index (κ3) is 1.43. The van der Waals surface area contributed by atoms with Crippen molar-refractivity contribution < 1.29 is 23.6 Å². The van der Waals surface area contributed by atoms with Crippen LogP contribution < -0.4 is 14.2 Å². The van der Waals surface area contributed by atoms with Crippen LogP contribution in [-0.4, -0.2) is 49.7 Å². The SMILES string of the molecule is C/C=C1/C[N+]2([O-])[C@H]3C[C@@]45C(=Nc6cc7c(c(OC)c64)OCO7)OC[C@H]3[C@H]1C[C@@H]52. The lowest BCUT2D eigenvalue weighted by molar-refractivity contribution is -0.932. The number of hydroxylamine groups is 3. The van der Waals surface area contributed by atoms with Gasteiger partial charge in [0.25, 0.3) is 0 Å². The number of benzene rings is 1. The van der Waals surface area contributed by atoms with E-state index in [1.165, 1.54) is 5.57 Å². The zero-order valence-electron chi connectivity index (χ0n) is 15.9. The van der Waals surface area contributed by atoms with Gasteiger partial charge in [0.05, 0.1) is 31.4 Å². The van der Waals surface area contributed by atoms with E-state index < -0.39 is 5.41 Å². The molecule has 7 aliphatic rings. The lowest BCUT2D eigenvalue weighted by atomic mass is 9.67. The summed E-state index contributed by atoms with van der Waals surface area (Å²) in [6, 6.07) is 1.89. The van der Waals surface area contributed by atoms with Gasteiger partial charge in [0.2, 0.25) is 18.4 Å². The second kappa shape index (κ2) is 4.66.